The molecule has 0 bridgehead atoms. The number of anilines is 1. The molecule has 1 saturated carbocycles. The van der Waals surface area contributed by atoms with E-state index in [0.29, 0.717) is 17.1 Å². The first kappa shape index (κ1) is 16.0. The number of carbonyl (C=O) groups excluding carboxylic acids is 2. The molecule has 1 aromatic carbocycles. The van der Waals surface area contributed by atoms with Crippen molar-refractivity contribution in [1.82, 2.24) is 14.9 Å². The zero-order valence-corrected chi connectivity index (χ0v) is 13.9. The summed E-state index contributed by atoms with van der Waals surface area (Å²) in [7, 11) is 0. The van der Waals surface area contributed by atoms with Crippen LogP contribution in [0.2, 0.25) is 5.02 Å². The van der Waals surface area contributed by atoms with Crippen molar-refractivity contribution < 1.29 is 14.0 Å². The molecule has 0 saturated heterocycles. The molecule has 0 radical (unpaired) electrons. The summed E-state index contributed by atoms with van der Waals surface area (Å²) >= 11 is 6.07. The molecule has 4 rings (SSSR count). The number of benzene rings is 1. The minimum Gasteiger partial charge on any atom is -0.328 e. The maximum absolute atomic E-state index is 12.8. The van der Waals surface area contributed by atoms with Crippen LogP contribution in [-0.4, -0.2) is 39.8 Å². The highest BCUT2D eigenvalue weighted by Crippen LogP contribution is 2.52. The van der Waals surface area contributed by atoms with E-state index in [1.165, 1.54) is 4.90 Å². The number of halogens is 2. The molecule has 1 aliphatic heterocycles. The molecule has 8 heteroatoms. The number of nitrogens with one attached hydrogen (secondary N) is 1. The van der Waals surface area contributed by atoms with E-state index in [1.54, 1.807) is 12.1 Å². The Morgan fingerprint density at radius 3 is 2.72 bits per heavy atom. The third-order valence-corrected chi connectivity index (χ3v) is 4.86. The lowest BCUT2D eigenvalue weighted by molar-refractivity contribution is -0.117. The Kier molecular flexibility index (Phi) is 3.68. The number of amides is 2. The van der Waals surface area contributed by atoms with E-state index in [2.05, 4.69) is 15.3 Å². The van der Waals surface area contributed by atoms with Crippen LogP contribution in [-0.2, 0) is 10.2 Å². The second-order valence-corrected chi connectivity index (χ2v) is 6.84. The third-order valence-electron chi connectivity index (χ3n) is 4.62. The van der Waals surface area contributed by atoms with Crippen LogP contribution >= 0.6 is 11.6 Å². The lowest BCUT2D eigenvalue weighted by Gasteiger charge is -2.34. The maximum atomic E-state index is 12.8. The number of rotatable bonds is 3. The summed E-state index contributed by atoms with van der Waals surface area (Å²) in [4.78, 5) is 33.8. The molecule has 1 spiro atoms. The number of hydrogen-bond acceptors (Lipinski definition) is 4. The molecule has 1 aliphatic carbocycles. The Bertz CT molecular complexity index is 867. The maximum Gasteiger partial charge on any atom is 0.254 e. The smallest absolute Gasteiger partial charge is 0.254 e. The highest BCUT2D eigenvalue weighted by Gasteiger charge is 2.51. The predicted molar refractivity (Wildman–Crippen MR) is 88.9 cm³/mol. The van der Waals surface area contributed by atoms with Crippen LogP contribution in [0, 0.1) is 5.82 Å². The Labute approximate surface area is 148 Å². The van der Waals surface area contributed by atoms with Crippen LogP contribution in [0.25, 0.3) is 0 Å². The van der Waals surface area contributed by atoms with E-state index in [-0.39, 0.29) is 23.8 Å². The lowest BCUT2D eigenvalue weighted by atomic mass is 9.86. The first-order valence-corrected chi connectivity index (χ1v) is 8.21. The van der Waals surface area contributed by atoms with Crippen molar-refractivity contribution >= 4 is 29.4 Å². The summed E-state index contributed by atoms with van der Waals surface area (Å²) in [5, 5.41) is 3.08. The minimum atomic E-state index is -0.588. The highest BCUT2D eigenvalue weighted by atomic mass is 35.5. The molecule has 6 nitrogen and oxygen atoms in total. The summed E-state index contributed by atoms with van der Waals surface area (Å²) in [5.74, 6) is -1.20. The van der Waals surface area contributed by atoms with Gasteiger partial charge in [0.1, 0.15) is 6.54 Å². The first-order chi connectivity index (χ1) is 12.0. The molecule has 2 aliphatic rings. The molecular formula is C17H14ClFN4O2. The fourth-order valence-electron chi connectivity index (χ4n) is 3.25. The summed E-state index contributed by atoms with van der Waals surface area (Å²) in [6, 6.07) is 5.25. The van der Waals surface area contributed by atoms with E-state index in [0.717, 1.165) is 30.8 Å². The normalized spacial score (nSPS) is 17.4. The van der Waals surface area contributed by atoms with Crippen molar-refractivity contribution in [3.05, 3.63) is 52.6 Å². The van der Waals surface area contributed by atoms with Crippen LogP contribution in [0.1, 0.15) is 28.8 Å². The summed E-state index contributed by atoms with van der Waals surface area (Å²) < 4.78 is 12.8. The fourth-order valence-corrected chi connectivity index (χ4v) is 3.43. The predicted octanol–water partition coefficient (Wildman–Crippen LogP) is 2.40. The Morgan fingerprint density at radius 1 is 1.32 bits per heavy atom. The summed E-state index contributed by atoms with van der Waals surface area (Å²) in [6.45, 7) is 0.375. The van der Waals surface area contributed by atoms with Gasteiger partial charge in [-0.05, 0) is 36.6 Å². The van der Waals surface area contributed by atoms with Gasteiger partial charge in [0.15, 0.2) is 5.82 Å². The van der Waals surface area contributed by atoms with Crippen LogP contribution < -0.4 is 5.32 Å². The molecular weight excluding hydrogens is 347 g/mol. The van der Waals surface area contributed by atoms with E-state index >= 15 is 0 Å². The Hall–Kier alpha value is -2.54. The molecule has 1 aromatic heterocycles. The van der Waals surface area contributed by atoms with Gasteiger partial charge in [0.25, 0.3) is 5.91 Å². The van der Waals surface area contributed by atoms with E-state index in [1.807, 2.05) is 6.07 Å². The van der Waals surface area contributed by atoms with Gasteiger partial charge in [-0.3, -0.25) is 14.9 Å². The zero-order valence-electron chi connectivity index (χ0n) is 13.1. The van der Waals surface area contributed by atoms with Crippen molar-refractivity contribution in [1.29, 1.82) is 0 Å². The monoisotopic (exact) mass is 360 g/mol. The molecule has 1 fully saturated rings. The number of hydrogen-bond donors (Lipinski definition) is 1. The van der Waals surface area contributed by atoms with Crippen molar-refractivity contribution in [2.75, 3.05) is 18.4 Å². The standard InChI is InChI=1S/C17H14ClFN4O2/c18-10-1-2-12-13(5-10)17(3-4-17)9-23(15(12)25)8-14(24)22-16-20-6-11(19)7-21-16/h1-2,5-7H,3-4,8-9H2,(H,20,21,22,24). The van der Waals surface area contributed by atoms with Crippen molar-refractivity contribution in [3.63, 3.8) is 0 Å². The fraction of sp³-hybridized carbons (Fsp3) is 0.294. The number of carbonyl (C=O) groups is 2. The second-order valence-electron chi connectivity index (χ2n) is 6.40. The van der Waals surface area contributed by atoms with Gasteiger partial charge in [0.05, 0.1) is 12.4 Å². The van der Waals surface area contributed by atoms with Crippen molar-refractivity contribution in [3.8, 4) is 0 Å². The van der Waals surface area contributed by atoms with Gasteiger partial charge in [-0.15, -0.1) is 0 Å². The van der Waals surface area contributed by atoms with Gasteiger partial charge >= 0.3 is 0 Å². The van der Waals surface area contributed by atoms with Crippen molar-refractivity contribution in [2.45, 2.75) is 18.3 Å². The van der Waals surface area contributed by atoms with Crippen LogP contribution in [0.4, 0.5) is 10.3 Å². The number of fused-ring (bicyclic) bond motifs is 2. The number of nitrogens with zero attached hydrogens (tertiary/aromatic N) is 3. The van der Waals surface area contributed by atoms with Gasteiger partial charge < -0.3 is 4.90 Å². The quantitative estimate of drug-likeness (QED) is 0.912. The molecule has 0 unspecified atom stereocenters. The van der Waals surface area contributed by atoms with Gasteiger partial charge in [-0.1, -0.05) is 11.6 Å². The van der Waals surface area contributed by atoms with Crippen molar-refractivity contribution in [2.24, 2.45) is 0 Å². The average molecular weight is 361 g/mol. The Morgan fingerprint density at radius 2 is 2.04 bits per heavy atom. The van der Waals surface area contributed by atoms with E-state index in [9.17, 15) is 14.0 Å². The zero-order chi connectivity index (χ0) is 17.6. The highest BCUT2D eigenvalue weighted by molar-refractivity contribution is 6.30. The first-order valence-electron chi connectivity index (χ1n) is 7.84. The Balaban J connectivity index is 1.52. The average Bonchev–Trinajstić information content (AvgIpc) is 3.35. The van der Waals surface area contributed by atoms with Gasteiger partial charge in [0.2, 0.25) is 11.9 Å². The SMILES string of the molecule is O=C(CN1CC2(CC2)c2cc(Cl)ccc2C1=O)Nc1ncc(F)cn1. The summed E-state index contributed by atoms with van der Waals surface area (Å²) in [5.41, 5.74) is 1.48. The van der Waals surface area contributed by atoms with Gasteiger partial charge in [-0.2, -0.15) is 0 Å². The minimum absolute atomic E-state index is 0.00387. The topological polar surface area (TPSA) is 75.2 Å². The van der Waals surface area contributed by atoms with Crippen LogP contribution in [0.15, 0.2) is 30.6 Å². The number of aromatic nitrogens is 2. The molecule has 2 aromatic rings. The van der Waals surface area contributed by atoms with E-state index in [4.69, 9.17) is 11.6 Å². The molecule has 0 atom stereocenters. The second kappa shape index (κ2) is 5.77. The largest absolute Gasteiger partial charge is 0.328 e. The van der Waals surface area contributed by atoms with E-state index < -0.39 is 11.7 Å². The van der Waals surface area contributed by atoms with Crippen LogP contribution in [0.5, 0.6) is 0 Å². The van der Waals surface area contributed by atoms with Gasteiger partial charge in [0, 0.05) is 22.5 Å². The molecule has 128 valence electrons. The molecule has 25 heavy (non-hydrogen) atoms. The molecule has 2 amide bonds. The molecule has 1 N–H and O–H groups in total. The summed E-state index contributed by atoms with van der Waals surface area (Å²) in [6.07, 6.45) is 3.86. The third kappa shape index (κ3) is 2.95. The van der Waals surface area contributed by atoms with Crippen LogP contribution in [0.3, 0.4) is 0 Å². The van der Waals surface area contributed by atoms with Gasteiger partial charge in [-0.25, -0.2) is 14.4 Å². The molecule has 2 heterocycles. The lowest BCUT2D eigenvalue weighted by Crippen LogP contribution is -2.46.